The molecule has 4 rings (SSSR count). The molecule has 4 aliphatic carbocycles. The molecule has 27 heavy (non-hydrogen) atoms. The summed E-state index contributed by atoms with van der Waals surface area (Å²) in [7, 11) is 0. The molecule has 0 heterocycles. The van der Waals surface area contributed by atoms with Crippen LogP contribution in [0, 0.1) is 40.4 Å². The van der Waals surface area contributed by atoms with E-state index in [9.17, 15) is 24.6 Å². The predicted octanol–water partition coefficient (Wildman–Crippen LogP) is 3.01. The molecule has 0 aromatic heterocycles. The van der Waals surface area contributed by atoms with Crippen LogP contribution in [-0.2, 0) is 14.4 Å². The molecule has 2 unspecified atom stereocenters. The summed E-state index contributed by atoms with van der Waals surface area (Å²) in [5.41, 5.74) is 0.569. The molecular weight excluding hydrogens is 344 g/mol. The van der Waals surface area contributed by atoms with Crippen LogP contribution in [0.1, 0.15) is 59.3 Å². The Kier molecular flexibility index (Phi) is 4.19. The summed E-state index contributed by atoms with van der Waals surface area (Å²) < 4.78 is 0. The van der Waals surface area contributed by atoms with E-state index in [4.69, 9.17) is 0 Å². The van der Waals surface area contributed by atoms with Gasteiger partial charge in [0.15, 0.2) is 5.78 Å². The molecule has 2 N–H and O–H groups in total. The fraction of sp³-hybridized carbons (Fsp3) is 0.773. The molecule has 3 saturated carbocycles. The lowest BCUT2D eigenvalue weighted by molar-refractivity contribution is -0.159. The number of aliphatic carboxylic acids is 1. The van der Waals surface area contributed by atoms with E-state index in [2.05, 4.69) is 6.92 Å². The molecule has 0 aromatic rings. The lowest BCUT2D eigenvalue weighted by atomic mass is 9.46. The monoisotopic (exact) mass is 374 g/mol. The Hall–Kier alpha value is -1.49. The third-order valence-corrected chi connectivity index (χ3v) is 8.73. The number of hydrogen-bond acceptors (Lipinski definition) is 4. The quantitative estimate of drug-likeness (QED) is 0.725. The highest BCUT2D eigenvalue weighted by molar-refractivity contribution is 6.33. The molecule has 8 atom stereocenters. The van der Waals surface area contributed by atoms with Crippen LogP contribution in [0.15, 0.2) is 11.6 Å². The van der Waals surface area contributed by atoms with Gasteiger partial charge in [0.2, 0.25) is 5.78 Å². The first-order valence-corrected chi connectivity index (χ1v) is 10.3. The molecule has 3 fully saturated rings. The van der Waals surface area contributed by atoms with Gasteiger partial charge in [0.25, 0.3) is 0 Å². The number of ketones is 2. The van der Waals surface area contributed by atoms with E-state index in [0.29, 0.717) is 12.8 Å². The number of carboxylic acids is 1. The standard InChI is InChI=1S/C22H30O5/c1-11-8-15-14-5-4-12-9-13(23)6-7-21(12,2)18(14)16(24)10-22(15,3)17(11)19(25)20(26)27/h9,11,14-18,24H,4-8,10H2,1-3H3,(H,26,27)/t11?,14-,15-,16?,17+,18+,21-,22-/m0/s1. The van der Waals surface area contributed by atoms with Gasteiger partial charge in [-0.1, -0.05) is 26.3 Å². The summed E-state index contributed by atoms with van der Waals surface area (Å²) in [4.78, 5) is 35.8. The molecule has 0 aliphatic heterocycles. The molecular formula is C22H30O5. The number of Topliss-reactive ketones (excluding diaryl/α,β-unsaturated/α-hetero) is 1. The molecule has 0 amide bonds. The summed E-state index contributed by atoms with van der Waals surface area (Å²) in [5, 5.41) is 20.6. The molecule has 4 aliphatic rings. The van der Waals surface area contributed by atoms with Crippen molar-refractivity contribution in [1.29, 1.82) is 0 Å². The molecule has 5 heteroatoms. The fourth-order valence-corrected chi connectivity index (χ4v) is 7.75. The minimum Gasteiger partial charge on any atom is -0.475 e. The van der Waals surface area contributed by atoms with Gasteiger partial charge in [-0.05, 0) is 72.7 Å². The summed E-state index contributed by atoms with van der Waals surface area (Å²) >= 11 is 0. The largest absolute Gasteiger partial charge is 0.475 e. The van der Waals surface area contributed by atoms with E-state index >= 15 is 0 Å². The Morgan fingerprint density at radius 2 is 1.93 bits per heavy atom. The summed E-state index contributed by atoms with van der Waals surface area (Å²) in [6.45, 7) is 6.22. The lowest BCUT2D eigenvalue weighted by Gasteiger charge is -2.59. The molecule has 5 nitrogen and oxygen atoms in total. The maximum atomic E-state index is 12.5. The second kappa shape index (κ2) is 6.00. The van der Waals surface area contributed by atoms with Crippen molar-refractivity contribution in [1.82, 2.24) is 0 Å². The summed E-state index contributed by atoms with van der Waals surface area (Å²) in [6.07, 6.45) is 5.68. The van der Waals surface area contributed by atoms with Crippen LogP contribution in [0.4, 0.5) is 0 Å². The number of rotatable bonds is 2. The molecule has 0 saturated heterocycles. The lowest BCUT2D eigenvalue weighted by Crippen LogP contribution is -2.57. The predicted molar refractivity (Wildman–Crippen MR) is 98.8 cm³/mol. The second-order valence-corrected chi connectivity index (χ2v) is 10.0. The van der Waals surface area contributed by atoms with Crippen LogP contribution in [0.3, 0.4) is 0 Å². The highest BCUT2D eigenvalue weighted by atomic mass is 16.4. The van der Waals surface area contributed by atoms with Gasteiger partial charge < -0.3 is 10.2 Å². The average Bonchev–Trinajstić information content (AvgIpc) is 2.84. The first kappa shape index (κ1) is 18.9. The van der Waals surface area contributed by atoms with Crippen molar-refractivity contribution < 1.29 is 24.6 Å². The Balaban J connectivity index is 1.73. The highest BCUT2D eigenvalue weighted by Gasteiger charge is 2.65. The Labute approximate surface area is 160 Å². The SMILES string of the molecule is CC1C[C@H]2[C@@H]3CCC4=CC(=O)CC[C@]4(C)[C@H]3C(O)C[C@]2(C)[C@H]1C(=O)C(=O)O. The number of hydrogen-bond donors (Lipinski definition) is 2. The second-order valence-electron chi connectivity index (χ2n) is 10.0. The first-order valence-electron chi connectivity index (χ1n) is 10.3. The van der Waals surface area contributed by atoms with Gasteiger partial charge in [0.1, 0.15) is 0 Å². The fourth-order valence-electron chi connectivity index (χ4n) is 7.75. The first-order chi connectivity index (χ1) is 12.6. The maximum absolute atomic E-state index is 12.5. The maximum Gasteiger partial charge on any atom is 0.372 e. The molecule has 0 spiro atoms. The molecule has 0 radical (unpaired) electrons. The third-order valence-electron chi connectivity index (χ3n) is 8.73. The zero-order chi connectivity index (χ0) is 19.7. The number of allylic oxidation sites excluding steroid dienone is 1. The van der Waals surface area contributed by atoms with Crippen molar-refractivity contribution in [2.24, 2.45) is 40.4 Å². The molecule has 0 aromatic carbocycles. The van der Waals surface area contributed by atoms with Crippen LogP contribution in [0.2, 0.25) is 0 Å². The van der Waals surface area contributed by atoms with Crippen LogP contribution in [0.5, 0.6) is 0 Å². The van der Waals surface area contributed by atoms with Crippen LogP contribution < -0.4 is 0 Å². The van der Waals surface area contributed by atoms with E-state index in [1.165, 1.54) is 5.57 Å². The normalized spacial score (nSPS) is 48.9. The summed E-state index contributed by atoms with van der Waals surface area (Å²) in [5.74, 6) is -1.72. The van der Waals surface area contributed by atoms with Gasteiger partial charge >= 0.3 is 5.97 Å². The topological polar surface area (TPSA) is 91.7 Å². The Morgan fingerprint density at radius 1 is 1.22 bits per heavy atom. The zero-order valence-corrected chi connectivity index (χ0v) is 16.4. The molecule has 148 valence electrons. The van der Waals surface area contributed by atoms with Gasteiger partial charge in [-0.2, -0.15) is 0 Å². The van der Waals surface area contributed by atoms with Crippen LogP contribution in [0.25, 0.3) is 0 Å². The molecule has 0 bridgehead atoms. The Bertz CT molecular complexity index is 739. The van der Waals surface area contributed by atoms with Crippen molar-refractivity contribution in [3.05, 3.63) is 11.6 Å². The highest BCUT2D eigenvalue weighted by Crippen LogP contribution is 2.67. The number of carboxylic acid groups (broad SMARTS) is 1. The van der Waals surface area contributed by atoms with E-state index in [1.807, 2.05) is 19.9 Å². The average molecular weight is 374 g/mol. The smallest absolute Gasteiger partial charge is 0.372 e. The minimum absolute atomic E-state index is 0.0206. The number of fused-ring (bicyclic) bond motifs is 5. The summed E-state index contributed by atoms with van der Waals surface area (Å²) in [6, 6.07) is 0. The van der Waals surface area contributed by atoms with Crippen LogP contribution >= 0.6 is 0 Å². The van der Waals surface area contributed by atoms with Gasteiger partial charge in [-0.15, -0.1) is 0 Å². The number of aliphatic hydroxyl groups is 1. The van der Waals surface area contributed by atoms with Crippen LogP contribution in [-0.4, -0.2) is 33.9 Å². The van der Waals surface area contributed by atoms with Crippen molar-refractivity contribution >= 4 is 17.5 Å². The van der Waals surface area contributed by atoms with Crippen molar-refractivity contribution in [2.75, 3.05) is 0 Å². The van der Waals surface area contributed by atoms with Gasteiger partial charge in [0, 0.05) is 12.3 Å². The zero-order valence-electron chi connectivity index (χ0n) is 16.4. The van der Waals surface area contributed by atoms with Crippen molar-refractivity contribution in [3.63, 3.8) is 0 Å². The van der Waals surface area contributed by atoms with Gasteiger partial charge in [0.05, 0.1) is 6.10 Å². The number of carbonyl (C=O) groups excluding carboxylic acids is 2. The van der Waals surface area contributed by atoms with E-state index in [-0.39, 0.29) is 34.9 Å². The van der Waals surface area contributed by atoms with Gasteiger partial charge in [-0.3, -0.25) is 9.59 Å². The number of aliphatic hydroxyl groups excluding tert-OH is 1. The third kappa shape index (κ3) is 2.50. The van der Waals surface area contributed by atoms with E-state index < -0.39 is 29.2 Å². The van der Waals surface area contributed by atoms with E-state index in [1.54, 1.807) is 0 Å². The van der Waals surface area contributed by atoms with E-state index in [0.717, 1.165) is 25.7 Å². The van der Waals surface area contributed by atoms with Crippen molar-refractivity contribution in [2.45, 2.75) is 65.4 Å². The minimum atomic E-state index is -1.35. The van der Waals surface area contributed by atoms with Gasteiger partial charge in [-0.25, -0.2) is 4.79 Å². The number of carbonyl (C=O) groups is 3. The van der Waals surface area contributed by atoms with Crippen molar-refractivity contribution in [3.8, 4) is 0 Å². The Morgan fingerprint density at radius 3 is 2.59 bits per heavy atom.